The number of nitrogens with one attached hydrogen (secondary N) is 2. The van der Waals surface area contributed by atoms with E-state index in [0.717, 1.165) is 10.0 Å². The van der Waals surface area contributed by atoms with Crippen molar-refractivity contribution in [2.45, 2.75) is 6.42 Å². The molecule has 0 unspecified atom stereocenters. The number of carbonyl (C=O) groups excluding carboxylic acids is 2. The molecule has 0 radical (unpaired) electrons. The van der Waals surface area contributed by atoms with E-state index in [1.165, 1.54) is 6.20 Å². The second-order valence-corrected chi connectivity index (χ2v) is 7.14. The van der Waals surface area contributed by atoms with Crippen LogP contribution in [0.25, 0.3) is 0 Å². The van der Waals surface area contributed by atoms with Crippen LogP contribution in [0.5, 0.6) is 11.5 Å². The summed E-state index contributed by atoms with van der Waals surface area (Å²) in [5.74, 6) is 0.788. The second-order valence-electron chi connectivity index (χ2n) is 6.22. The topological polar surface area (TPSA) is 80.3 Å². The van der Waals surface area contributed by atoms with E-state index >= 15 is 0 Å². The van der Waals surface area contributed by atoms with Crippen LogP contribution in [0.3, 0.4) is 0 Å². The van der Waals surface area contributed by atoms with Crippen molar-refractivity contribution in [1.29, 1.82) is 0 Å². The van der Waals surface area contributed by atoms with Crippen molar-refractivity contribution in [3.63, 3.8) is 0 Å². The summed E-state index contributed by atoms with van der Waals surface area (Å²) < 4.78 is 6.72. The maximum absolute atomic E-state index is 12.2. The summed E-state index contributed by atoms with van der Waals surface area (Å²) >= 11 is 3.37. The Morgan fingerprint density at radius 2 is 1.79 bits per heavy atom. The van der Waals surface area contributed by atoms with Crippen LogP contribution in [0, 0.1) is 0 Å². The third-order valence-corrected chi connectivity index (χ3v) is 4.60. The molecule has 7 heteroatoms. The van der Waals surface area contributed by atoms with E-state index in [1.54, 1.807) is 31.3 Å². The van der Waals surface area contributed by atoms with Crippen molar-refractivity contribution in [2.24, 2.45) is 0 Å². The summed E-state index contributed by atoms with van der Waals surface area (Å²) in [6, 6.07) is 18.2. The highest BCUT2D eigenvalue weighted by Gasteiger charge is 2.08. The highest BCUT2D eigenvalue weighted by atomic mass is 79.9. The number of hydrogen-bond donors (Lipinski definition) is 2. The van der Waals surface area contributed by atoms with E-state index in [4.69, 9.17) is 4.74 Å². The third kappa shape index (κ3) is 5.89. The predicted octanol–water partition coefficient (Wildman–Crippen LogP) is 3.97. The van der Waals surface area contributed by atoms with Crippen LogP contribution < -0.4 is 15.4 Å². The van der Waals surface area contributed by atoms with Gasteiger partial charge in [-0.2, -0.15) is 0 Å². The molecule has 0 bridgehead atoms. The molecule has 0 atom stereocenters. The van der Waals surface area contributed by atoms with Crippen molar-refractivity contribution >= 4 is 27.7 Å². The largest absolute Gasteiger partial charge is 0.457 e. The van der Waals surface area contributed by atoms with Gasteiger partial charge in [-0.1, -0.05) is 34.1 Å². The molecule has 29 heavy (non-hydrogen) atoms. The Bertz CT molecular complexity index is 1020. The van der Waals surface area contributed by atoms with Gasteiger partial charge < -0.3 is 15.4 Å². The van der Waals surface area contributed by atoms with Gasteiger partial charge in [0, 0.05) is 35.9 Å². The number of nitrogens with zero attached hydrogens (tertiary/aromatic N) is 1. The lowest BCUT2D eigenvalue weighted by Crippen LogP contribution is -2.25. The van der Waals surface area contributed by atoms with E-state index in [2.05, 4.69) is 31.5 Å². The number of pyridine rings is 1. The quantitative estimate of drug-likeness (QED) is 0.566. The molecule has 3 aromatic rings. The lowest BCUT2D eigenvalue weighted by molar-refractivity contribution is 0.0947. The van der Waals surface area contributed by atoms with Crippen LogP contribution in [-0.2, 0) is 6.42 Å². The Morgan fingerprint density at radius 3 is 2.59 bits per heavy atom. The monoisotopic (exact) mass is 453 g/mol. The van der Waals surface area contributed by atoms with E-state index in [1.807, 2.05) is 36.4 Å². The van der Waals surface area contributed by atoms with Gasteiger partial charge in [0.1, 0.15) is 17.2 Å². The molecule has 1 heterocycles. The molecule has 6 nitrogen and oxygen atoms in total. The predicted molar refractivity (Wildman–Crippen MR) is 114 cm³/mol. The van der Waals surface area contributed by atoms with Crippen molar-refractivity contribution in [3.05, 3.63) is 88.2 Å². The number of hydrogen-bond acceptors (Lipinski definition) is 4. The van der Waals surface area contributed by atoms with Crippen LogP contribution in [0.1, 0.15) is 26.4 Å². The molecule has 0 fully saturated rings. The summed E-state index contributed by atoms with van der Waals surface area (Å²) in [5.41, 5.74) is 1.93. The van der Waals surface area contributed by atoms with Crippen molar-refractivity contribution in [2.75, 3.05) is 13.6 Å². The number of aromatic nitrogens is 1. The molecule has 2 N–H and O–H groups in total. The Labute approximate surface area is 177 Å². The zero-order chi connectivity index (χ0) is 20.6. The Kier molecular flexibility index (Phi) is 6.97. The van der Waals surface area contributed by atoms with E-state index in [0.29, 0.717) is 30.0 Å². The summed E-state index contributed by atoms with van der Waals surface area (Å²) in [6.07, 6.45) is 2.19. The van der Waals surface area contributed by atoms with Crippen LogP contribution in [-0.4, -0.2) is 30.4 Å². The molecule has 0 saturated heterocycles. The number of rotatable bonds is 7. The Morgan fingerprint density at radius 1 is 1.00 bits per heavy atom. The first kappa shape index (κ1) is 20.5. The van der Waals surface area contributed by atoms with Gasteiger partial charge >= 0.3 is 0 Å². The smallest absolute Gasteiger partial charge is 0.269 e. The summed E-state index contributed by atoms with van der Waals surface area (Å²) in [5, 5.41) is 5.45. The van der Waals surface area contributed by atoms with Gasteiger partial charge in [0.2, 0.25) is 0 Å². The molecule has 148 valence electrons. The van der Waals surface area contributed by atoms with E-state index in [-0.39, 0.29) is 17.5 Å². The van der Waals surface area contributed by atoms with Gasteiger partial charge in [-0.3, -0.25) is 14.6 Å². The third-order valence-electron chi connectivity index (χ3n) is 4.11. The van der Waals surface area contributed by atoms with Crippen LogP contribution in [0.4, 0.5) is 0 Å². The van der Waals surface area contributed by atoms with Crippen molar-refractivity contribution in [1.82, 2.24) is 15.6 Å². The first-order valence-electron chi connectivity index (χ1n) is 9.04. The van der Waals surface area contributed by atoms with Gasteiger partial charge in [0.05, 0.1) is 0 Å². The minimum atomic E-state index is -0.273. The normalized spacial score (nSPS) is 10.3. The van der Waals surface area contributed by atoms with Gasteiger partial charge in [-0.05, 0) is 48.4 Å². The lowest BCUT2D eigenvalue weighted by Gasteiger charge is -2.09. The SMILES string of the molecule is CNC(=O)c1cc(Oc2cccc(CCNC(=O)c3cccc(Br)c3)c2)ccn1. The maximum atomic E-state index is 12.2. The molecule has 0 spiro atoms. The number of halogens is 1. The Balaban J connectivity index is 1.58. The van der Waals surface area contributed by atoms with Gasteiger partial charge in [0.25, 0.3) is 11.8 Å². The average Bonchev–Trinajstić information content (AvgIpc) is 2.73. The highest BCUT2D eigenvalue weighted by molar-refractivity contribution is 9.10. The molecule has 3 rings (SSSR count). The minimum absolute atomic E-state index is 0.114. The van der Waals surface area contributed by atoms with Crippen molar-refractivity contribution in [3.8, 4) is 11.5 Å². The molecule has 2 aromatic carbocycles. The van der Waals surface area contributed by atoms with Gasteiger partial charge in [0.15, 0.2) is 0 Å². The first-order valence-corrected chi connectivity index (χ1v) is 9.83. The highest BCUT2D eigenvalue weighted by Crippen LogP contribution is 2.22. The van der Waals surface area contributed by atoms with E-state index < -0.39 is 0 Å². The molecular weight excluding hydrogens is 434 g/mol. The molecule has 0 aliphatic carbocycles. The first-order chi connectivity index (χ1) is 14.0. The average molecular weight is 454 g/mol. The number of amides is 2. The summed E-state index contributed by atoms with van der Waals surface area (Å²) in [6.45, 7) is 0.505. The van der Waals surface area contributed by atoms with Crippen LogP contribution in [0.2, 0.25) is 0 Å². The van der Waals surface area contributed by atoms with Crippen LogP contribution in [0.15, 0.2) is 71.3 Å². The molecule has 0 aliphatic heterocycles. The Hall–Kier alpha value is -3.19. The molecule has 0 saturated carbocycles. The lowest BCUT2D eigenvalue weighted by atomic mass is 10.1. The fourth-order valence-electron chi connectivity index (χ4n) is 2.68. The maximum Gasteiger partial charge on any atom is 0.269 e. The minimum Gasteiger partial charge on any atom is -0.457 e. The second kappa shape index (κ2) is 9.84. The van der Waals surface area contributed by atoms with Crippen LogP contribution >= 0.6 is 15.9 Å². The van der Waals surface area contributed by atoms with Gasteiger partial charge in [-0.25, -0.2) is 0 Å². The fraction of sp³-hybridized carbons (Fsp3) is 0.136. The zero-order valence-electron chi connectivity index (χ0n) is 15.8. The number of ether oxygens (including phenoxy) is 1. The number of carbonyl (C=O) groups is 2. The molecule has 2 amide bonds. The summed E-state index contributed by atoms with van der Waals surface area (Å²) in [7, 11) is 1.55. The molecule has 0 aliphatic rings. The number of benzene rings is 2. The molecule has 1 aromatic heterocycles. The van der Waals surface area contributed by atoms with Gasteiger partial charge in [-0.15, -0.1) is 0 Å². The van der Waals surface area contributed by atoms with Crippen molar-refractivity contribution < 1.29 is 14.3 Å². The standard InChI is InChI=1S/C22H20BrN3O3/c1-24-22(28)20-14-19(9-11-25-20)29-18-7-2-4-15(12-18)8-10-26-21(27)16-5-3-6-17(23)13-16/h2-7,9,11-14H,8,10H2,1H3,(H,24,28)(H,26,27). The summed E-state index contributed by atoms with van der Waals surface area (Å²) in [4.78, 5) is 27.9. The molecular formula is C22H20BrN3O3. The van der Waals surface area contributed by atoms with E-state index in [9.17, 15) is 9.59 Å². The fourth-order valence-corrected chi connectivity index (χ4v) is 3.08. The zero-order valence-corrected chi connectivity index (χ0v) is 17.4.